The second kappa shape index (κ2) is 8.04. The Morgan fingerprint density at radius 2 is 1.50 bits per heavy atom. The van der Waals surface area contributed by atoms with Gasteiger partial charge in [-0.15, -0.1) is 25.6 Å². The Labute approximate surface area is 177 Å². The summed E-state index contributed by atoms with van der Waals surface area (Å²) in [5.41, 5.74) is 5.53. The molecule has 0 bridgehead atoms. The molecule has 0 radical (unpaired) electrons. The van der Waals surface area contributed by atoms with Crippen LogP contribution in [-0.2, 0) is 0 Å². The normalized spacial score (nSPS) is 25.1. The maximum Gasteiger partial charge on any atom is 0.198 e. The Hall–Kier alpha value is -5.58. The molecule has 16 nitrogen and oxygen atoms in total. The Bertz CT molecular complexity index is 1430. The Morgan fingerprint density at radius 3 is 2.12 bits per heavy atom. The van der Waals surface area contributed by atoms with E-state index in [1.165, 1.54) is 6.20 Å². The van der Waals surface area contributed by atoms with Crippen molar-refractivity contribution >= 4 is 23.3 Å². The molecule has 0 saturated heterocycles. The van der Waals surface area contributed by atoms with Gasteiger partial charge >= 0.3 is 0 Å². The number of amidine groups is 3. The molecule has 3 aliphatic rings. The number of hydrogen-bond donors (Lipinski definition) is 2. The van der Waals surface area contributed by atoms with Gasteiger partial charge in [0.05, 0.1) is 12.3 Å². The van der Waals surface area contributed by atoms with Crippen LogP contribution in [0, 0.1) is 51.2 Å². The van der Waals surface area contributed by atoms with E-state index in [4.69, 9.17) is 16.3 Å². The lowest BCUT2D eigenvalue weighted by Crippen LogP contribution is -2.27. The quantitative estimate of drug-likeness (QED) is 0.726. The minimum absolute atomic E-state index is 0.0114. The van der Waals surface area contributed by atoms with Crippen LogP contribution in [0.15, 0.2) is 74.6 Å². The van der Waals surface area contributed by atoms with E-state index in [0.717, 1.165) is 0 Å². The fourth-order valence-electron chi connectivity index (χ4n) is 2.50. The zero-order valence-corrected chi connectivity index (χ0v) is 15.6. The molecule has 0 amide bonds. The van der Waals surface area contributed by atoms with Gasteiger partial charge in [-0.2, -0.15) is 31.3 Å². The highest BCUT2D eigenvalue weighted by Crippen LogP contribution is 2.27. The van der Waals surface area contributed by atoms with Crippen LogP contribution in [0.3, 0.4) is 0 Å². The van der Waals surface area contributed by atoms with Crippen molar-refractivity contribution < 1.29 is 0 Å². The summed E-state index contributed by atoms with van der Waals surface area (Å²) in [5.74, 6) is -1.41. The fraction of sp³-hybridized carbons (Fsp3) is 0.125. The number of H-pyrrole nitrogens is 1. The monoisotopic (exact) mass is 422 g/mol. The lowest BCUT2D eigenvalue weighted by molar-refractivity contribution is 0.662. The Balaban J connectivity index is 1.71. The Morgan fingerprint density at radius 1 is 0.844 bits per heavy atom. The maximum atomic E-state index is 9.51. The van der Waals surface area contributed by atoms with Crippen molar-refractivity contribution in [3.63, 3.8) is 0 Å². The third kappa shape index (κ3) is 3.33. The number of azo groups is 3. The molecule has 1 aromatic heterocycles. The number of aromatic nitrogens is 2. The van der Waals surface area contributed by atoms with Crippen LogP contribution in [-0.4, -0.2) is 33.9 Å². The van der Waals surface area contributed by atoms with Gasteiger partial charge < -0.3 is 5.73 Å². The lowest BCUT2D eigenvalue weighted by Gasteiger charge is -2.01. The first-order valence-electron chi connectivity index (χ1n) is 8.48. The van der Waals surface area contributed by atoms with Gasteiger partial charge in [-0.3, -0.25) is 5.10 Å². The second-order valence-corrected chi connectivity index (χ2v) is 5.92. The summed E-state index contributed by atoms with van der Waals surface area (Å²) in [7, 11) is 0. The molecule has 16 heteroatoms. The average Bonchev–Trinajstić information content (AvgIpc) is 3.57. The van der Waals surface area contributed by atoms with E-state index in [9.17, 15) is 10.5 Å². The summed E-state index contributed by atoms with van der Waals surface area (Å²) >= 11 is 0. The van der Waals surface area contributed by atoms with Gasteiger partial charge in [0.1, 0.15) is 47.0 Å². The number of nitriles is 4. The molecule has 0 fully saturated rings. The van der Waals surface area contributed by atoms with Crippen molar-refractivity contribution in [1.29, 1.82) is 21.0 Å². The van der Waals surface area contributed by atoms with Gasteiger partial charge in [-0.1, -0.05) is 0 Å². The average molecular weight is 422 g/mol. The Kier molecular flexibility index (Phi) is 4.96. The molecule has 0 saturated carbocycles. The van der Waals surface area contributed by atoms with Crippen molar-refractivity contribution in [2.24, 2.45) is 57.3 Å². The number of nitrogens with two attached hydrogens (primary N) is 1. The van der Waals surface area contributed by atoms with Crippen LogP contribution in [0.4, 0.5) is 5.82 Å². The van der Waals surface area contributed by atoms with Crippen LogP contribution in [0.2, 0.25) is 0 Å². The number of rotatable bonds is 3. The second-order valence-electron chi connectivity index (χ2n) is 5.92. The largest absolute Gasteiger partial charge is 0.307 e. The van der Waals surface area contributed by atoms with Gasteiger partial charge in [-0.25, -0.2) is 15.0 Å². The topological polar surface area (TPSA) is 261 Å². The standard InChI is InChI=1S/C16H6N16/c17-1-6-5-22-27-11(6)23-13-8(3-19)15(31-29-13)25-16-9(4-20)14(30-32-16)24-12-7(2-18)10(21)26-28-12/h5,7,10H,21H2,(H,22,27). The predicted octanol–water partition coefficient (Wildman–Crippen LogP) is 1.40. The zero-order chi connectivity index (χ0) is 22.7. The molecule has 3 N–H and O–H groups in total. The van der Waals surface area contributed by atoms with E-state index in [2.05, 4.69) is 55.9 Å². The van der Waals surface area contributed by atoms with E-state index in [1.54, 1.807) is 0 Å². The highest BCUT2D eigenvalue weighted by molar-refractivity contribution is 6.08. The minimum Gasteiger partial charge on any atom is -0.307 e. The molecule has 0 aliphatic carbocycles. The third-order valence-electron chi connectivity index (χ3n) is 4.04. The third-order valence-corrected chi connectivity index (χ3v) is 4.04. The van der Waals surface area contributed by atoms with Crippen molar-refractivity contribution in [2.45, 2.75) is 6.17 Å². The summed E-state index contributed by atoms with van der Waals surface area (Å²) in [6.45, 7) is 0. The summed E-state index contributed by atoms with van der Waals surface area (Å²) < 4.78 is 0. The smallest absolute Gasteiger partial charge is 0.198 e. The molecule has 3 aliphatic heterocycles. The highest BCUT2D eigenvalue weighted by Gasteiger charge is 2.31. The highest BCUT2D eigenvalue weighted by atomic mass is 15.3. The predicted molar refractivity (Wildman–Crippen MR) is 102 cm³/mol. The number of aliphatic imine (C=N–C) groups is 3. The van der Waals surface area contributed by atoms with Gasteiger partial charge in [0.2, 0.25) is 0 Å². The molecule has 0 spiro atoms. The minimum atomic E-state index is -0.894. The fourth-order valence-corrected chi connectivity index (χ4v) is 2.50. The molecule has 4 rings (SSSR count). The van der Waals surface area contributed by atoms with E-state index < -0.39 is 12.1 Å². The first kappa shape index (κ1) is 19.7. The lowest BCUT2D eigenvalue weighted by atomic mass is 10.1. The maximum absolute atomic E-state index is 9.51. The van der Waals surface area contributed by atoms with Crippen molar-refractivity contribution in [1.82, 2.24) is 10.2 Å². The van der Waals surface area contributed by atoms with Crippen LogP contribution in [0.5, 0.6) is 0 Å². The number of nitrogens with zero attached hydrogens (tertiary/aromatic N) is 14. The van der Waals surface area contributed by atoms with Crippen molar-refractivity contribution in [3.05, 3.63) is 34.5 Å². The molecule has 2 atom stereocenters. The molecule has 32 heavy (non-hydrogen) atoms. The van der Waals surface area contributed by atoms with E-state index >= 15 is 0 Å². The molecule has 0 aromatic carbocycles. The SMILES string of the molecule is N#CC1=C(N=C2N=NC(N=C3N=NC(N)C3C#N)=C2C#N)N=NC1=Nc1[nH]ncc1C#N. The van der Waals surface area contributed by atoms with E-state index in [1.807, 2.05) is 24.3 Å². The zero-order valence-electron chi connectivity index (χ0n) is 15.6. The summed E-state index contributed by atoms with van der Waals surface area (Å²) in [6, 6.07) is 7.54. The molecule has 150 valence electrons. The van der Waals surface area contributed by atoms with Gasteiger partial charge in [-0.05, 0) is 0 Å². The number of hydrogen-bond acceptors (Lipinski definition) is 12. The van der Waals surface area contributed by atoms with Gasteiger partial charge in [0.25, 0.3) is 0 Å². The molecular formula is C16H6N16. The molecule has 2 unspecified atom stereocenters. The molecule has 4 heterocycles. The number of nitrogens with one attached hydrogen (secondary N) is 1. The summed E-state index contributed by atoms with van der Waals surface area (Å²) in [5, 5.41) is 65.9. The molecule has 1 aromatic rings. The van der Waals surface area contributed by atoms with Crippen molar-refractivity contribution in [2.75, 3.05) is 0 Å². The summed E-state index contributed by atoms with van der Waals surface area (Å²) in [4.78, 5) is 12.2. The van der Waals surface area contributed by atoms with Crippen LogP contribution in [0.1, 0.15) is 5.56 Å². The van der Waals surface area contributed by atoms with Gasteiger partial charge in [0, 0.05) is 0 Å². The van der Waals surface area contributed by atoms with Crippen LogP contribution < -0.4 is 5.73 Å². The number of aromatic amines is 1. The van der Waals surface area contributed by atoms with Crippen molar-refractivity contribution in [3.8, 4) is 24.3 Å². The first-order valence-corrected chi connectivity index (χ1v) is 8.48. The molecular weight excluding hydrogens is 416 g/mol. The van der Waals surface area contributed by atoms with E-state index in [-0.39, 0.29) is 51.7 Å². The first-order chi connectivity index (χ1) is 15.6. The summed E-state index contributed by atoms with van der Waals surface area (Å²) in [6.07, 6.45) is 0.398. The van der Waals surface area contributed by atoms with Crippen LogP contribution >= 0.6 is 0 Å². The van der Waals surface area contributed by atoms with E-state index in [0.29, 0.717) is 0 Å². The van der Waals surface area contributed by atoms with Gasteiger partial charge in [0.15, 0.2) is 35.0 Å². The van der Waals surface area contributed by atoms with Crippen LogP contribution in [0.25, 0.3) is 0 Å².